The quantitative estimate of drug-likeness (QED) is 0.281. The molecule has 0 saturated carbocycles. The number of carbonyl (C=O) groups is 2. The highest BCUT2D eigenvalue weighted by atomic mass is 127. The average Bonchev–Trinajstić information content (AvgIpc) is 2.96. The molecule has 1 saturated heterocycles. The monoisotopic (exact) mass is 525 g/mol. The van der Waals surface area contributed by atoms with Crippen molar-refractivity contribution in [1.29, 1.82) is 0 Å². The fourth-order valence-electron chi connectivity index (χ4n) is 2.64. The van der Waals surface area contributed by atoms with Gasteiger partial charge in [0.1, 0.15) is 12.4 Å². The molecule has 0 N–H and O–H groups in total. The Labute approximate surface area is 185 Å². The van der Waals surface area contributed by atoms with E-state index in [-0.39, 0.29) is 30.1 Å². The van der Waals surface area contributed by atoms with E-state index in [2.05, 4.69) is 29.2 Å². The predicted molar refractivity (Wildman–Crippen MR) is 119 cm³/mol. The van der Waals surface area contributed by atoms with Gasteiger partial charge in [0.25, 0.3) is 11.1 Å². The Morgan fingerprint density at radius 1 is 1.24 bits per heavy atom. The van der Waals surface area contributed by atoms with Gasteiger partial charge in [0.15, 0.2) is 11.5 Å². The lowest BCUT2D eigenvalue weighted by atomic mass is 10.1. The number of halogens is 2. The van der Waals surface area contributed by atoms with Crippen molar-refractivity contribution in [3.63, 3.8) is 0 Å². The van der Waals surface area contributed by atoms with Crippen LogP contribution in [0.2, 0.25) is 0 Å². The summed E-state index contributed by atoms with van der Waals surface area (Å²) in [4.78, 5) is 25.8. The van der Waals surface area contributed by atoms with Gasteiger partial charge in [-0.2, -0.15) is 0 Å². The lowest BCUT2D eigenvalue weighted by molar-refractivity contribution is -0.122. The van der Waals surface area contributed by atoms with Crippen LogP contribution in [0, 0.1) is 9.39 Å². The summed E-state index contributed by atoms with van der Waals surface area (Å²) in [6, 6.07) is 9.64. The van der Waals surface area contributed by atoms with E-state index in [0.29, 0.717) is 22.0 Å². The molecule has 1 heterocycles. The van der Waals surface area contributed by atoms with Gasteiger partial charge in [0, 0.05) is 6.54 Å². The summed E-state index contributed by atoms with van der Waals surface area (Å²) in [5.74, 6) is 0.401. The molecule has 1 aliphatic rings. The molecule has 0 aromatic heterocycles. The van der Waals surface area contributed by atoms with Crippen LogP contribution in [-0.4, -0.2) is 29.7 Å². The molecule has 0 radical (unpaired) electrons. The molecule has 2 aromatic rings. The molecule has 1 fully saturated rings. The van der Waals surface area contributed by atoms with E-state index in [1.54, 1.807) is 24.3 Å². The molecule has 0 aliphatic carbocycles. The van der Waals surface area contributed by atoms with Crippen LogP contribution >= 0.6 is 34.4 Å². The average molecular weight is 525 g/mol. The van der Waals surface area contributed by atoms with Crippen molar-refractivity contribution >= 4 is 51.6 Å². The zero-order chi connectivity index (χ0) is 21.0. The van der Waals surface area contributed by atoms with E-state index in [0.717, 1.165) is 25.8 Å². The topological polar surface area (TPSA) is 55.8 Å². The number of carbonyl (C=O) groups excluding carboxylic acids is 2. The smallest absolute Gasteiger partial charge is 0.293 e. The van der Waals surface area contributed by atoms with E-state index < -0.39 is 0 Å². The Morgan fingerprint density at radius 3 is 2.62 bits per heavy atom. The molecule has 2 amide bonds. The van der Waals surface area contributed by atoms with Crippen LogP contribution in [0.5, 0.6) is 11.5 Å². The van der Waals surface area contributed by atoms with Crippen molar-refractivity contribution in [1.82, 2.24) is 4.90 Å². The van der Waals surface area contributed by atoms with Crippen molar-refractivity contribution in [2.45, 2.75) is 6.61 Å². The van der Waals surface area contributed by atoms with E-state index in [1.807, 2.05) is 6.07 Å². The molecule has 0 unspecified atom stereocenters. The van der Waals surface area contributed by atoms with Gasteiger partial charge >= 0.3 is 0 Å². The van der Waals surface area contributed by atoms with Gasteiger partial charge in [0.2, 0.25) is 0 Å². The number of nitrogens with zero attached hydrogens (tertiary/aromatic N) is 1. The van der Waals surface area contributed by atoms with Crippen molar-refractivity contribution in [2.24, 2.45) is 0 Å². The van der Waals surface area contributed by atoms with E-state index in [9.17, 15) is 14.0 Å². The van der Waals surface area contributed by atoms with Crippen LogP contribution in [0.3, 0.4) is 0 Å². The number of methoxy groups -OCH3 is 1. The van der Waals surface area contributed by atoms with Crippen molar-refractivity contribution < 1.29 is 23.5 Å². The lowest BCUT2D eigenvalue weighted by Gasteiger charge is -2.14. The highest BCUT2D eigenvalue weighted by molar-refractivity contribution is 14.1. The normalized spacial score (nSPS) is 15.1. The SMILES string of the molecule is C=CCN1C(=O)S/C(=C/c2cc(I)c(OCc3ccc(F)cc3)c(OC)c2)C1=O. The summed E-state index contributed by atoms with van der Waals surface area (Å²) in [5, 5.41) is -0.318. The summed E-state index contributed by atoms with van der Waals surface area (Å²) in [6.45, 7) is 4.00. The maximum Gasteiger partial charge on any atom is 0.293 e. The van der Waals surface area contributed by atoms with E-state index in [4.69, 9.17) is 9.47 Å². The number of hydrogen-bond acceptors (Lipinski definition) is 5. The van der Waals surface area contributed by atoms with Gasteiger partial charge in [-0.15, -0.1) is 6.58 Å². The first kappa shape index (κ1) is 21.4. The van der Waals surface area contributed by atoms with Crippen molar-refractivity contribution in [3.05, 3.63) is 74.5 Å². The Balaban J connectivity index is 1.83. The maximum atomic E-state index is 13.0. The highest BCUT2D eigenvalue weighted by Crippen LogP contribution is 2.37. The Kier molecular flexibility index (Phi) is 6.96. The number of ether oxygens (including phenoxy) is 2. The second kappa shape index (κ2) is 9.45. The first-order valence-corrected chi connectivity index (χ1v) is 10.4. The van der Waals surface area contributed by atoms with Gasteiger partial charge in [0.05, 0.1) is 15.6 Å². The summed E-state index contributed by atoms with van der Waals surface area (Å²) in [7, 11) is 1.53. The number of benzene rings is 2. The molecular formula is C21H17FINO4S. The van der Waals surface area contributed by atoms with E-state index >= 15 is 0 Å². The zero-order valence-corrected chi connectivity index (χ0v) is 18.5. The lowest BCUT2D eigenvalue weighted by Crippen LogP contribution is -2.27. The number of rotatable bonds is 7. The zero-order valence-electron chi connectivity index (χ0n) is 15.5. The molecule has 3 rings (SSSR count). The molecular weight excluding hydrogens is 508 g/mol. The Morgan fingerprint density at radius 2 is 1.97 bits per heavy atom. The Bertz CT molecular complexity index is 991. The summed E-state index contributed by atoms with van der Waals surface area (Å²) >= 11 is 3.01. The number of amides is 2. The number of thioether (sulfide) groups is 1. The Hall–Kier alpha value is -2.33. The summed E-state index contributed by atoms with van der Waals surface area (Å²) < 4.78 is 25.1. The third-order valence-electron chi connectivity index (χ3n) is 4.03. The van der Waals surface area contributed by atoms with Crippen LogP contribution in [0.1, 0.15) is 11.1 Å². The fraction of sp³-hybridized carbons (Fsp3) is 0.143. The molecule has 5 nitrogen and oxygen atoms in total. The second-order valence-corrected chi connectivity index (χ2v) is 8.19. The van der Waals surface area contributed by atoms with Crippen LogP contribution in [0.15, 0.2) is 54.0 Å². The van der Waals surface area contributed by atoms with Crippen LogP contribution < -0.4 is 9.47 Å². The van der Waals surface area contributed by atoms with Crippen LogP contribution in [0.25, 0.3) is 6.08 Å². The largest absolute Gasteiger partial charge is 0.493 e. The summed E-state index contributed by atoms with van der Waals surface area (Å²) in [5.41, 5.74) is 1.54. The van der Waals surface area contributed by atoms with Gasteiger partial charge in [-0.25, -0.2) is 4.39 Å². The van der Waals surface area contributed by atoms with Gasteiger partial charge in [-0.05, 0) is 75.8 Å². The first-order valence-electron chi connectivity index (χ1n) is 8.54. The third kappa shape index (κ3) is 4.99. The minimum atomic E-state index is -0.342. The molecule has 8 heteroatoms. The molecule has 0 bridgehead atoms. The second-order valence-electron chi connectivity index (χ2n) is 6.03. The first-order chi connectivity index (χ1) is 13.9. The van der Waals surface area contributed by atoms with Crippen molar-refractivity contribution in [2.75, 3.05) is 13.7 Å². The number of imide groups is 1. The molecule has 0 atom stereocenters. The molecule has 0 spiro atoms. The third-order valence-corrected chi connectivity index (χ3v) is 5.74. The minimum absolute atomic E-state index is 0.180. The summed E-state index contributed by atoms with van der Waals surface area (Å²) in [6.07, 6.45) is 3.17. The number of hydrogen-bond donors (Lipinski definition) is 0. The van der Waals surface area contributed by atoms with Crippen molar-refractivity contribution in [3.8, 4) is 11.5 Å². The predicted octanol–water partition coefficient (Wildman–Crippen LogP) is 5.24. The van der Waals surface area contributed by atoms with Gasteiger partial charge < -0.3 is 9.47 Å². The van der Waals surface area contributed by atoms with Crippen LogP contribution in [-0.2, 0) is 11.4 Å². The standard InChI is InChI=1S/C21H17FINO4S/c1-3-8-24-20(25)18(29-21(24)26)11-14-9-16(23)19(17(10-14)27-2)28-12-13-4-6-15(22)7-5-13/h3-7,9-11H,1,8,12H2,2H3/b18-11+. The van der Waals surface area contributed by atoms with E-state index in [1.165, 1.54) is 25.3 Å². The molecule has 1 aliphatic heterocycles. The van der Waals surface area contributed by atoms with Gasteiger partial charge in [-0.1, -0.05) is 18.2 Å². The molecule has 2 aromatic carbocycles. The van der Waals surface area contributed by atoms with Crippen LogP contribution in [0.4, 0.5) is 9.18 Å². The minimum Gasteiger partial charge on any atom is -0.493 e. The maximum absolute atomic E-state index is 13.0. The molecule has 29 heavy (non-hydrogen) atoms. The van der Waals surface area contributed by atoms with Gasteiger partial charge in [-0.3, -0.25) is 14.5 Å². The highest BCUT2D eigenvalue weighted by Gasteiger charge is 2.34. The molecule has 150 valence electrons. The fourth-order valence-corrected chi connectivity index (χ4v) is 4.27.